The second kappa shape index (κ2) is 3.36. The van der Waals surface area contributed by atoms with Gasteiger partial charge in [0.25, 0.3) is 0 Å². The van der Waals surface area contributed by atoms with Crippen LogP contribution in [0, 0.1) is 5.92 Å². The lowest BCUT2D eigenvalue weighted by Gasteiger charge is -2.24. The van der Waals surface area contributed by atoms with Gasteiger partial charge in [0.15, 0.2) is 0 Å². The number of aryl methyl sites for hydroxylation is 2. The van der Waals surface area contributed by atoms with Crippen LogP contribution in [0.3, 0.4) is 0 Å². The molecular weight excluding hydrogens is 166 g/mol. The molecule has 0 amide bonds. The number of hydrogen-bond acceptors (Lipinski definition) is 2. The Labute approximate surface area is 77.2 Å². The Hall–Kier alpha value is -1.06. The third-order valence-electron chi connectivity index (χ3n) is 2.86. The zero-order valence-electron chi connectivity index (χ0n) is 7.94. The van der Waals surface area contributed by atoms with Crippen molar-refractivity contribution in [1.29, 1.82) is 0 Å². The quantitative estimate of drug-likeness (QED) is 0.691. The molecule has 1 fully saturated rings. The molecule has 0 bridgehead atoms. The van der Waals surface area contributed by atoms with Crippen molar-refractivity contribution >= 4 is 0 Å². The second-order valence-electron chi connectivity index (χ2n) is 3.83. The second-order valence-corrected chi connectivity index (χ2v) is 3.83. The van der Waals surface area contributed by atoms with Crippen molar-refractivity contribution in [3.8, 4) is 0 Å². The van der Waals surface area contributed by atoms with Gasteiger partial charge < -0.3 is 0 Å². The molecule has 0 spiro atoms. The maximum absolute atomic E-state index is 11.4. The fourth-order valence-electron chi connectivity index (χ4n) is 1.66. The van der Waals surface area contributed by atoms with Crippen molar-refractivity contribution < 1.29 is 0 Å². The van der Waals surface area contributed by atoms with E-state index >= 15 is 0 Å². The SMILES string of the molecule is Cn1cnn(CCC2CCC2)c1=O. The topological polar surface area (TPSA) is 39.8 Å². The number of nitrogens with zero attached hydrogens (tertiary/aromatic N) is 3. The van der Waals surface area contributed by atoms with Crippen LogP contribution in [0.25, 0.3) is 0 Å². The summed E-state index contributed by atoms with van der Waals surface area (Å²) in [6.45, 7) is 0.782. The van der Waals surface area contributed by atoms with Gasteiger partial charge in [-0.05, 0) is 12.3 Å². The molecule has 0 aromatic carbocycles. The molecule has 1 aliphatic carbocycles. The predicted molar refractivity (Wildman–Crippen MR) is 49.4 cm³/mol. The van der Waals surface area contributed by atoms with Crippen molar-refractivity contribution in [1.82, 2.24) is 14.3 Å². The highest BCUT2D eigenvalue weighted by atomic mass is 16.2. The Kier molecular flexibility index (Phi) is 2.20. The Balaban J connectivity index is 1.93. The fourth-order valence-corrected chi connectivity index (χ4v) is 1.66. The molecule has 0 N–H and O–H groups in total. The number of aromatic nitrogens is 3. The molecule has 0 radical (unpaired) electrons. The molecule has 1 aliphatic rings. The molecule has 13 heavy (non-hydrogen) atoms. The molecule has 4 nitrogen and oxygen atoms in total. The summed E-state index contributed by atoms with van der Waals surface area (Å²) in [6, 6.07) is 0. The summed E-state index contributed by atoms with van der Waals surface area (Å²) in [5, 5.41) is 4.01. The van der Waals surface area contributed by atoms with Crippen LogP contribution in [-0.4, -0.2) is 14.3 Å². The van der Waals surface area contributed by atoms with E-state index in [0.29, 0.717) is 0 Å². The molecule has 0 atom stereocenters. The van der Waals surface area contributed by atoms with Crippen molar-refractivity contribution in [3.05, 3.63) is 16.8 Å². The first kappa shape index (κ1) is 8.53. The summed E-state index contributed by atoms with van der Waals surface area (Å²) in [5.41, 5.74) is -0.000626. The number of rotatable bonds is 3. The first-order valence-corrected chi connectivity index (χ1v) is 4.86. The average Bonchev–Trinajstić information content (AvgIpc) is 2.33. The van der Waals surface area contributed by atoms with E-state index in [9.17, 15) is 4.79 Å². The Bertz CT molecular complexity index is 335. The van der Waals surface area contributed by atoms with Gasteiger partial charge >= 0.3 is 5.69 Å². The summed E-state index contributed by atoms with van der Waals surface area (Å²) in [7, 11) is 1.73. The summed E-state index contributed by atoms with van der Waals surface area (Å²) >= 11 is 0. The molecule has 72 valence electrons. The zero-order chi connectivity index (χ0) is 9.26. The summed E-state index contributed by atoms with van der Waals surface area (Å²) in [4.78, 5) is 11.4. The van der Waals surface area contributed by atoms with Gasteiger partial charge in [-0.1, -0.05) is 19.3 Å². The highest BCUT2D eigenvalue weighted by Gasteiger charge is 2.17. The van der Waals surface area contributed by atoms with E-state index < -0.39 is 0 Å². The highest BCUT2D eigenvalue weighted by Crippen LogP contribution is 2.29. The van der Waals surface area contributed by atoms with Crippen molar-refractivity contribution in [3.63, 3.8) is 0 Å². The van der Waals surface area contributed by atoms with E-state index in [1.807, 2.05) is 0 Å². The molecule has 1 heterocycles. The largest absolute Gasteiger partial charge is 0.345 e. The van der Waals surface area contributed by atoms with Crippen LogP contribution >= 0.6 is 0 Å². The van der Waals surface area contributed by atoms with E-state index in [1.54, 1.807) is 18.1 Å². The van der Waals surface area contributed by atoms with Crippen LogP contribution in [0.5, 0.6) is 0 Å². The molecular formula is C9H15N3O. The van der Waals surface area contributed by atoms with Gasteiger partial charge in [-0.2, -0.15) is 5.10 Å². The van der Waals surface area contributed by atoms with Gasteiger partial charge in [0.2, 0.25) is 0 Å². The Morgan fingerprint density at radius 2 is 2.38 bits per heavy atom. The lowest BCUT2D eigenvalue weighted by Crippen LogP contribution is -2.25. The molecule has 2 rings (SSSR count). The molecule has 0 aliphatic heterocycles. The van der Waals surface area contributed by atoms with Crippen molar-refractivity contribution in [2.75, 3.05) is 0 Å². The minimum atomic E-state index is -0.000626. The third kappa shape index (κ3) is 1.66. The van der Waals surface area contributed by atoms with E-state index in [1.165, 1.54) is 23.8 Å². The summed E-state index contributed by atoms with van der Waals surface area (Å²) in [5.74, 6) is 0.842. The van der Waals surface area contributed by atoms with Gasteiger partial charge in [-0.3, -0.25) is 4.57 Å². The lowest BCUT2D eigenvalue weighted by molar-refractivity contribution is 0.276. The third-order valence-corrected chi connectivity index (χ3v) is 2.86. The van der Waals surface area contributed by atoms with Crippen molar-refractivity contribution in [2.45, 2.75) is 32.2 Å². The molecule has 0 saturated heterocycles. The molecule has 1 aromatic heterocycles. The minimum absolute atomic E-state index is 0.000626. The predicted octanol–water partition coefficient (Wildman–Crippen LogP) is 0.772. The van der Waals surface area contributed by atoms with Gasteiger partial charge in [0, 0.05) is 13.6 Å². The van der Waals surface area contributed by atoms with E-state index in [0.717, 1.165) is 18.9 Å². The molecule has 1 saturated carbocycles. The maximum Gasteiger partial charge on any atom is 0.345 e. The van der Waals surface area contributed by atoms with Gasteiger partial charge in [0.1, 0.15) is 6.33 Å². The molecule has 4 heteroatoms. The van der Waals surface area contributed by atoms with E-state index in [2.05, 4.69) is 5.10 Å². The van der Waals surface area contributed by atoms with E-state index in [-0.39, 0.29) is 5.69 Å². The number of hydrogen-bond donors (Lipinski definition) is 0. The standard InChI is InChI=1S/C9H15N3O/c1-11-7-10-12(9(11)13)6-5-8-3-2-4-8/h7-8H,2-6H2,1H3. The first-order chi connectivity index (χ1) is 6.27. The van der Waals surface area contributed by atoms with Gasteiger partial charge in [0.05, 0.1) is 0 Å². The molecule has 0 unspecified atom stereocenters. The maximum atomic E-state index is 11.4. The summed E-state index contributed by atoms with van der Waals surface area (Å²) in [6.07, 6.45) is 6.71. The van der Waals surface area contributed by atoms with Crippen LogP contribution in [0.4, 0.5) is 0 Å². The summed E-state index contributed by atoms with van der Waals surface area (Å²) < 4.78 is 3.07. The smallest absolute Gasteiger partial charge is 0.285 e. The van der Waals surface area contributed by atoms with E-state index in [4.69, 9.17) is 0 Å². The van der Waals surface area contributed by atoms with Gasteiger partial charge in [-0.25, -0.2) is 9.48 Å². The minimum Gasteiger partial charge on any atom is -0.285 e. The fraction of sp³-hybridized carbons (Fsp3) is 0.778. The Morgan fingerprint density at radius 1 is 1.62 bits per heavy atom. The average molecular weight is 181 g/mol. The zero-order valence-corrected chi connectivity index (χ0v) is 7.94. The normalized spacial score (nSPS) is 17.3. The molecule has 1 aromatic rings. The van der Waals surface area contributed by atoms with Crippen LogP contribution < -0.4 is 5.69 Å². The lowest BCUT2D eigenvalue weighted by atomic mass is 9.83. The van der Waals surface area contributed by atoms with Crippen molar-refractivity contribution in [2.24, 2.45) is 13.0 Å². The van der Waals surface area contributed by atoms with Crippen LogP contribution in [-0.2, 0) is 13.6 Å². The van der Waals surface area contributed by atoms with Crippen LogP contribution in [0.1, 0.15) is 25.7 Å². The highest BCUT2D eigenvalue weighted by molar-refractivity contribution is 4.71. The van der Waals surface area contributed by atoms with Gasteiger partial charge in [-0.15, -0.1) is 0 Å². The van der Waals surface area contributed by atoms with Crippen LogP contribution in [0.2, 0.25) is 0 Å². The monoisotopic (exact) mass is 181 g/mol. The Morgan fingerprint density at radius 3 is 2.85 bits per heavy atom. The first-order valence-electron chi connectivity index (χ1n) is 4.86. The van der Waals surface area contributed by atoms with Crippen LogP contribution in [0.15, 0.2) is 11.1 Å².